The van der Waals surface area contributed by atoms with Gasteiger partial charge in [0.2, 0.25) is 5.90 Å². The molecule has 1 heterocycles. The zero-order valence-electron chi connectivity index (χ0n) is 8.68. The van der Waals surface area contributed by atoms with E-state index >= 15 is 0 Å². The Morgan fingerprint density at radius 3 is 3.00 bits per heavy atom. The first-order valence-corrected chi connectivity index (χ1v) is 4.74. The van der Waals surface area contributed by atoms with E-state index < -0.39 is 0 Å². The van der Waals surface area contributed by atoms with Gasteiger partial charge in [-0.25, -0.2) is 0 Å². The van der Waals surface area contributed by atoms with Crippen molar-refractivity contribution in [1.82, 2.24) is 4.98 Å². The highest BCUT2D eigenvalue weighted by atomic mass is 16.5. The van der Waals surface area contributed by atoms with E-state index in [2.05, 4.69) is 28.5 Å². The lowest BCUT2D eigenvalue weighted by Gasteiger charge is -2.03. The molecule has 2 rings (SSSR count). The van der Waals surface area contributed by atoms with E-state index in [1.54, 1.807) is 0 Å². The van der Waals surface area contributed by atoms with Crippen LogP contribution in [0.3, 0.4) is 0 Å². The molecule has 0 radical (unpaired) electrons. The summed E-state index contributed by atoms with van der Waals surface area (Å²) in [5.74, 6) is 0.998. The minimum absolute atomic E-state index is 0.320. The minimum atomic E-state index is 0.320. The normalized spacial score (nSPS) is 11.4. The van der Waals surface area contributed by atoms with Crippen molar-refractivity contribution in [1.29, 1.82) is 0 Å². The van der Waals surface area contributed by atoms with E-state index in [0.29, 0.717) is 11.6 Å². The molecule has 0 amide bonds. The first-order valence-electron chi connectivity index (χ1n) is 4.74. The molecule has 0 atom stereocenters. The smallest absolute Gasteiger partial charge is 0.238 e. The maximum Gasteiger partial charge on any atom is 0.238 e. The van der Waals surface area contributed by atoms with Crippen molar-refractivity contribution in [2.45, 2.75) is 0 Å². The van der Waals surface area contributed by atoms with Gasteiger partial charge in [-0.3, -0.25) is 0 Å². The van der Waals surface area contributed by atoms with Crippen LogP contribution in [0.1, 0.15) is 0 Å². The van der Waals surface area contributed by atoms with Gasteiger partial charge in [0.05, 0.1) is 0 Å². The van der Waals surface area contributed by atoms with Gasteiger partial charge in [-0.2, -0.15) is 5.10 Å². The number of hydrogen-bond donors (Lipinski definition) is 1. The molecule has 2 aromatic rings. The van der Waals surface area contributed by atoms with Crippen molar-refractivity contribution >= 4 is 23.5 Å². The zero-order valence-corrected chi connectivity index (χ0v) is 8.68. The number of nitrogens with zero attached hydrogens (tertiary/aromatic N) is 2. The highest BCUT2D eigenvalue weighted by molar-refractivity contribution is 5.90. The van der Waals surface area contributed by atoms with Gasteiger partial charge in [-0.05, 0) is 29.7 Å². The Balaban J connectivity index is 2.29. The van der Waals surface area contributed by atoms with Gasteiger partial charge in [-0.15, -0.1) is 5.10 Å². The van der Waals surface area contributed by atoms with E-state index in [9.17, 15) is 0 Å². The Kier molecular flexibility index (Phi) is 2.82. The third kappa shape index (κ3) is 2.00. The van der Waals surface area contributed by atoms with Crippen LogP contribution in [0.2, 0.25) is 0 Å². The molecule has 16 heavy (non-hydrogen) atoms. The molecule has 0 aliphatic heterocycles. The van der Waals surface area contributed by atoms with Gasteiger partial charge in [0.1, 0.15) is 5.75 Å². The third-order valence-corrected chi connectivity index (χ3v) is 2.09. The molecule has 0 unspecified atom stereocenters. The van der Waals surface area contributed by atoms with Gasteiger partial charge in [0.15, 0.2) is 0 Å². The molecule has 4 heteroatoms. The summed E-state index contributed by atoms with van der Waals surface area (Å²) in [6.45, 7) is 6.84. The van der Waals surface area contributed by atoms with Gasteiger partial charge in [-0.1, -0.05) is 6.58 Å². The predicted molar refractivity (Wildman–Crippen MR) is 66.1 cm³/mol. The highest BCUT2D eigenvalue weighted by Gasteiger charge is 2.00. The number of benzene rings is 1. The molecule has 0 saturated heterocycles. The molecule has 4 nitrogen and oxygen atoms in total. The van der Waals surface area contributed by atoms with Crippen LogP contribution in [0.5, 0.6) is 5.75 Å². The molecule has 0 bridgehead atoms. The number of aromatic nitrogens is 1. The summed E-state index contributed by atoms with van der Waals surface area (Å²) in [5, 5.41) is 8.21. The van der Waals surface area contributed by atoms with Crippen LogP contribution < -0.4 is 4.74 Å². The number of nitrogens with one attached hydrogen (secondary N) is 1. The molecule has 0 fully saturated rings. The number of rotatable bonds is 3. The fourth-order valence-electron chi connectivity index (χ4n) is 1.38. The summed E-state index contributed by atoms with van der Waals surface area (Å²) in [7, 11) is 0. The molecular formula is C12H11N3O. The van der Waals surface area contributed by atoms with E-state index in [-0.39, 0.29) is 0 Å². The maximum atomic E-state index is 5.46. The quantitative estimate of drug-likeness (QED) is 0.475. The van der Waals surface area contributed by atoms with Gasteiger partial charge >= 0.3 is 0 Å². The lowest BCUT2D eigenvalue weighted by molar-refractivity contribution is 0.553. The molecule has 80 valence electrons. The standard InChI is InChI=1S/C12H11N3O/c1-3-12(15-13-2)16-10-5-4-9-6-7-14-11(9)8-10/h3-8,14H,1-2H2/b15-12+. The molecule has 0 saturated carbocycles. The first-order chi connectivity index (χ1) is 7.83. The fourth-order valence-corrected chi connectivity index (χ4v) is 1.38. The van der Waals surface area contributed by atoms with Crippen molar-refractivity contribution in [3.05, 3.63) is 43.1 Å². The predicted octanol–water partition coefficient (Wildman–Crippen LogP) is 2.75. The Morgan fingerprint density at radius 2 is 2.25 bits per heavy atom. The monoisotopic (exact) mass is 213 g/mol. The van der Waals surface area contributed by atoms with Crippen LogP contribution in [0.25, 0.3) is 10.9 Å². The molecule has 1 N–H and O–H groups in total. The highest BCUT2D eigenvalue weighted by Crippen LogP contribution is 2.19. The minimum Gasteiger partial charge on any atom is -0.437 e. The van der Waals surface area contributed by atoms with Crippen LogP contribution in [0, 0.1) is 0 Å². The second-order valence-corrected chi connectivity index (χ2v) is 3.11. The number of H-pyrrole nitrogens is 1. The van der Waals surface area contributed by atoms with E-state index in [0.717, 1.165) is 10.9 Å². The van der Waals surface area contributed by atoms with Crippen molar-refractivity contribution in [2.75, 3.05) is 0 Å². The second kappa shape index (κ2) is 4.44. The van der Waals surface area contributed by atoms with Crippen molar-refractivity contribution in [3.63, 3.8) is 0 Å². The summed E-state index contributed by atoms with van der Waals surface area (Å²) in [5.41, 5.74) is 1.01. The fraction of sp³-hybridized carbons (Fsp3) is 0. The molecule has 0 aliphatic carbocycles. The van der Waals surface area contributed by atoms with Crippen LogP contribution in [0.15, 0.2) is 53.3 Å². The van der Waals surface area contributed by atoms with Gasteiger partial charge < -0.3 is 9.72 Å². The topological polar surface area (TPSA) is 49.7 Å². The van der Waals surface area contributed by atoms with E-state index in [4.69, 9.17) is 4.74 Å². The van der Waals surface area contributed by atoms with Gasteiger partial charge in [0, 0.05) is 24.5 Å². The second-order valence-electron chi connectivity index (χ2n) is 3.11. The van der Waals surface area contributed by atoms with E-state index in [1.165, 1.54) is 6.08 Å². The first kappa shape index (κ1) is 10.2. The lowest BCUT2D eigenvalue weighted by Crippen LogP contribution is -2.03. The summed E-state index contributed by atoms with van der Waals surface area (Å²) in [6.07, 6.45) is 3.36. The molecule has 1 aromatic carbocycles. The average Bonchev–Trinajstić information content (AvgIpc) is 2.75. The number of aromatic amines is 1. The van der Waals surface area contributed by atoms with Gasteiger partial charge in [0.25, 0.3) is 0 Å². The maximum absolute atomic E-state index is 5.46. The largest absolute Gasteiger partial charge is 0.437 e. The Hall–Kier alpha value is -2.36. The Labute approximate surface area is 93.0 Å². The number of ether oxygens (including phenoxy) is 1. The Morgan fingerprint density at radius 1 is 1.38 bits per heavy atom. The van der Waals surface area contributed by atoms with Crippen molar-refractivity contribution in [3.8, 4) is 5.75 Å². The summed E-state index contributed by atoms with van der Waals surface area (Å²) >= 11 is 0. The SMILES string of the molecule is C=C/C(=N\N=C)Oc1ccc2cc[nH]c2c1. The average molecular weight is 213 g/mol. The van der Waals surface area contributed by atoms with Crippen LogP contribution in [-0.4, -0.2) is 17.6 Å². The summed E-state index contributed by atoms with van der Waals surface area (Å²) < 4.78 is 5.46. The Bertz CT molecular complexity index is 554. The number of hydrogen-bond acceptors (Lipinski definition) is 3. The molecule has 0 spiro atoms. The summed E-state index contributed by atoms with van der Waals surface area (Å²) in [4.78, 5) is 3.10. The van der Waals surface area contributed by atoms with Crippen molar-refractivity contribution < 1.29 is 4.74 Å². The van der Waals surface area contributed by atoms with Crippen LogP contribution >= 0.6 is 0 Å². The molecule has 0 aliphatic rings. The molecular weight excluding hydrogens is 202 g/mol. The summed E-state index contributed by atoms with van der Waals surface area (Å²) in [6, 6.07) is 7.70. The van der Waals surface area contributed by atoms with Crippen molar-refractivity contribution in [2.24, 2.45) is 10.2 Å². The van der Waals surface area contributed by atoms with Crippen LogP contribution in [-0.2, 0) is 0 Å². The molecule has 1 aromatic heterocycles. The lowest BCUT2D eigenvalue weighted by atomic mass is 10.2. The zero-order chi connectivity index (χ0) is 11.4. The number of fused-ring (bicyclic) bond motifs is 1. The van der Waals surface area contributed by atoms with E-state index in [1.807, 2.05) is 30.5 Å². The third-order valence-electron chi connectivity index (χ3n) is 2.09. The van der Waals surface area contributed by atoms with Crippen LogP contribution in [0.4, 0.5) is 0 Å².